The Bertz CT molecular complexity index is 363. The van der Waals surface area contributed by atoms with Crippen LogP contribution in [0.1, 0.15) is 24.0 Å². The molecule has 0 N–H and O–H groups in total. The average molecular weight is 242 g/mol. The molecule has 0 atom stereocenters. The number of halogens is 2. The highest BCUT2D eigenvalue weighted by molar-refractivity contribution is 6.18. The minimum Gasteiger partial charge on any atom is -0.295 e. The lowest BCUT2D eigenvalue weighted by molar-refractivity contribution is 0.270. The maximum Gasteiger partial charge on any atom is 0.123 e. The molecule has 16 heavy (non-hydrogen) atoms. The van der Waals surface area contributed by atoms with Gasteiger partial charge in [0.1, 0.15) is 5.82 Å². The number of alkyl halides is 1. The van der Waals surface area contributed by atoms with Crippen molar-refractivity contribution < 1.29 is 4.39 Å². The van der Waals surface area contributed by atoms with Gasteiger partial charge in [-0.05, 0) is 43.0 Å². The van der Waals surface area contributed by atoms with E-state index in [0.717, 1.165) is 24.2 Å². The van der Waals surface area contributed by atoms with Gasteiger partial charge in [-0.1, -0.05) is 6.07 Å². The van der Waals surface area contributed by atoms with Crippen LogP contribution in [0.2, 0.25) is 0 Å². The van der Waals surface area contributed by atoms with Crippen LogP contribution < -0.4 is 0 Å². The van der Waals surface area contributed by atoms with Crippen molar-refractivity contribution in [2.45, 2.75) is 32.4 Å². The maximum atomic E-state index is 13.2. The molecule has 0 aliphatic heterocycles. The quantitative estimate of drug-likeness (QED) is 0.715. The third-order valence-electron chi connectivity index (χ3n) is 3.12. The average Bonchev–Trinajstić information content (AvgIpc) is 3.06. The first-order valence-electron chi connectivity index (χ1n) is 5.75. The normalized spacial score (nSPS) is 15.8. The van der Waals surface area contributed by atoms with Crippen LogP contribution in [0.25, 0.3) is 0 Å². The maximum absolute atomic E-state index is 13.2. The van der Waals surface area contributed by atoms with E-state index in [2.05, 4.69) is 4.90 Å². The summed E-state index contributed by atoms with van der Waals surface area (Å²) >= 11 is 5.79. The van der Waals surface area contributed by atoms with Crippen LogP contribution in [0.4, 0.5) is 4.39 Å². The predicted octanol–water partition coefficient (Wildman–Crippen LogP) is 3.34. The van der Waals surface area contributed by atoms with E-state index in [1.54, 1.807) is 6.07 Å². The summed E-state index contributed by atoms with van der Waals surface area (Å²) in [6, 6.07) is 5.67. The Morgan fingerprint density at radius 1 is 1.44 bits per heavy atom. The third kappa shape index (κ3) is 2.96. The standard InChI is InChI=1S/C13H17ClFN/c1-10-2-3-12(15)8-11(10)9-16(7-6-14)13-4-5-13/h2-3,8,13H,4-7,9H2,1H3. The summed E-state index contributed by atoms with van der Waals surface area (Å²) in [7, 11) is 0. The number of rotatable bonds is 5. The molecule has 0 saturated heterocycles. The first-order valence-corrected chi connectivity index (χ1v) is 6.29. The molecule has 3 heteroatoms. The highest BCUT2D eigenvalue weighted by atomic mass is 35.5. The zero-order chi connectivity index (χ0) is 11.5. The second-order valence-electron chi connectivity index (χ2n) is 4.46. The molecule has 1 aliphatic carbocycles. The van der Waals surface area contributed by atoms with Crippen LogP contribution >= 0.6 is 11.6 Å². The van der Waals surface area contributed by atoms with Crippen molar-refractivity contribution in [3.05, 3.63) is 35.1 Å². The summed E-state index contributed by atoms with van der Waals surface area (Å²) < 4.78 is 13.2. The Balaban J connectivity index is 2.08. The van der Waals surface area contributed by atoms with Crippen molar-refractivity contribution in [2.75, 3.05) is 12.4 Å². The molecule has 1 saturated carbocycles. The van der Waals surface area contributed by atoms with E-state index in [0.29, 0.717) is 11.9 Å². The molecule has 1 aliphatic rings. The Labute approximate surface area is 101 Å². The van der Waals surface area contributed by atoms with Crippen LogP contribution in [0.3, 0.4) is 0 Å². The molecule has 0 bridgehead atoms. The Hall–Kier alpha value is -0.600. The van der Waals surface area contributed by atoms with Crippen molar-refractivity contribution in [3.8, 4) is 0 Å². The SMILES string of the molecule is Cc1ccc(F)cc1CN(CCCl)C1CC1. The van der Waals surface area contributed by atoms with E-state index < -0.39 is 0 Å². The van der Waals surface area contributed by atoms with Crippen LogP contribution in [0, 0.1) is 12.7 Å². The fourth-order valence-electron chi connectivity index (χ4n) is 1.97. The van der Waals surface area contributed by atoms with Gasteiger partial charge in [-0.2, -0.15) is 0 Å². The van der Waals surface area contributed by atoms with Gasteiger partial charge in [0.05, 0.1) is 0 Å². The zero-order valence-corrected chi connectivity index (χ0v) is 10.3. The van der Waals surface area contributed by atoms with Gasteiger partial charge in [-0.3, -0.25) is 4.90 Å². The number of benzene rings is 1. The van der Waals surface area contributed by atoms with Crippen molar-refractivity contribution >= 4 is 11.6 Å². The van der Waals surface area contributed by atoms with Crippen molar-refractivity contribution in [1.82, 2.24) is 4.90 Å². The van der Waals surface area contributed by atoms with Gasteiger partial charge in [-0.15, -0.1) is 11.6 Å². The van der Waals surface area contributed by atoms with Crippen LogP contribution in [0.5, 0.6) is 0 Å². The van der Waals surface area contributed by atoms with E-state index >= 15 is 0 Å². The lowest BCUT2D eigenvalue weighted by atomic mass is 10.1. The van der Waals surface area contributed by atoms with Crippen molar-refractivity contribution in [1.29, 1.82) is 0 Å². The third-order valence-corrected chi connectivity index (χ3v) is 3.29. The molecule has 0 aromatic heterocycles. The Morgan fingerprint density at radius 2 is 2.19 bits per heavy atom. The molecule has 2 rings (SSSR count). The van der Waals surface area contributed by atoms with Crippen LogP contribution in [-0.2, 0) is 6.54 Å². The van der Waals surface area contributed by atoms with E-state index in [1.165, 1.54) is 18.9 Å². The highest BCUT2D eigenvalue weighted by Gasteiger charge is 2.28. The van der Waals surface area contributed by atoms with E-state index in [9.17, 15) is 4.39 Å². The molecule has 0 radical (unpaired) electrons. The molecule has 1 fully saturated rings. The molecule has 0 heterocycles. The minimum atomic E-state index is -0.151. The number of aryl methyl sites for hydroxylation is 1. The number of hydrogen-bond donors (Lipinski definition) is 0. The summed E-state index contributed by atoms with van der Waals surface area (Å²) in [6.07, 6.45) is 2.51. The molecule has 0 amide bonds. The zero-order valence-electron chi connectivity index (χ0n) is 9.55. The highest BCUT2D eigenvalue weighted by Crippen LogP contribution is 2.28. The topological polar surface area (TPSA) is 3.24 Å². The van der Waals surface area contributed by atoms with Crippen LogP contribution in [0.15, 0.2) is 18.2 Å². The number of nitrogens with zero attached hydrogens (tertiary/aromatic N) is 1. The molecule has 0 spiro atoms. The Morgan fingerprint density at radius 3 is 2.81 bits per heavy atom. The van der Waals surface area contributed by atoms with E-state index in [4.69, 9.17) is 11.6 Å². The van der Waals surface area contributed by atoms with Crippen molar-refractivity contribution in [2.24, 2.45) is 0 Å². The monoisotopic (exact) mass is 241 g/mol. The summed E-state index contributed by atoms with van der Waals surface area (Å²) in [5.74, 6) is 0.493. The van der Waals surface area contributed by atoms with Crippen LogP contribution in [-0.4, -0.2) is 23.4 Å². The van der Waals surface area contributed by atoms with Gasteiger partial charge in [0.25, 0.3) is 0 Å². The van der Waals surface area contributed by atoms with Gasteiger partial charge in [0.2, 0.25) is 0 Å². The summed E-state index contributed by atoms with van der Waals surface area (Å²) in [5.41, 5.74) is 2.23. The van der Waals surface area contributed by atoms with Gasteiger partial charge >= 0.3 is 0 Å². The van der Waals surface area contributed by atoms with Gasteiger partial charge in [-0.25, -0.2) is 4.39 Å². The van der Waals surface area contributed by atoms with Gasteiger partial charge in [0, 0.05) is 25.0 Å². The molecule has 88 valence electrons. The predicted molar refractivity (Wildman–Crippen MR) is 65.3 cm³/mol. The molecule has 1 aromatic carbocycles. The largest absolute Gasteiger partial charge is 0.295 e. The summed E-state index contributed by atoms with van der Waals surface area (Å²) in [5, 5.41) is 0. The molecule has 0 unspecified atom stereocenters. The van der Waals surface area contributed by atoms with E-state index in [1.807, 2.05) is 13.0 Å². The molecular formula is C13H17ClFN. The fraction of sp³-hybridized carbons (Fsp3) is 0.538. The summed E-state index contributed by atoms with van der Waals surface area (Å²) in [6.45, 7) is 3.74. The lowest BCUT2D eigenvalue weighted by Crippen LogP contribution is -2.27. The lowest BCUT2D eigenvalue weighted by Gasteiger charge is -2.21. The van der Waals surface area contributed by atoms with E-state index in [-0.39, 0.29) is 5.82 Å². The minimum absolute atomic E-state index is 0.151. The molecule has 1 nitrogen and oxygen atoms in total. The first-order chi connectivity index (χ1) is 7.70. The van der Waals surface area contributed by atoms with Crippen molar-refractivity contribution in [3.63, 3.8) is 0 Å². The molecule has 1 aromatic rings. The smallest absolute Gasteiger partial charge is 0.123 e. The van der Waals surface area contributed by atoms with Gasteiger partial charge in [0.15, 0.2) is 0 Å². The Kier molecular flexibility index (Phi) is 3.82. The second-order valence-corrected chi connectivity index (χ2v) is 4.84. The fourth-order valence-corrected chi connectivity index (χ4v) is 2.19. The van der Waals surface area contributed by atoms with Gasteiger partial charge < -0.3 is 0 Å². The summed E-state index contributed by atoms with van der Waals surface area (Å²) in [4.78, 5) is 2.36. The molecular weight excluding hydrogens is 225 g/mol. The first kappa shape index (κ1) is 11.9. The number of hydrogen-bond acceptors (Lipinski definition) is 1. The second kappa shape index (κ2) is 5.15.